The van der Waals surface area contributed by atoms with Crippen LogP contribution in [-0.4, -0.2) is 6.26 Å². The molecule has 0 bridgehead atoms. The third kappa shape index (κ3) is 3.66. The highest BCUT2D eigenvalue weighted by Gasteiger charge is 2.24. The van der Waals surface area contributed by atoms with E-state index in [1.807, 2.05) is 11.3 Å². The predicted molar refractivity (Wildman–Crippen MR) is 102 cm³/mol. The molecule has 2 aromatic rings. The number of rotatable bonds is 4. The molecular weight excluding hydrogens is 409 g/mol. The van der Waals surface area contributed by atoms with Crippen LogP contribution >= 0.6 is 45.7 Å². The molecule has 1 heterocycles. The van der Waals surface area contributed by atoms with Gasteiger partial charge in [0.1, 0.15) is 0 Å². The van der Waals surface area contributed by atoms with Crippen LogP contribution in [0.1, 0.15) is 47.9 Å². The summed E-state index contributed by atoms with van der Waals surface area (Å²) in [6.45, 7) is 2.28. The van der Waals surface area contributed by atoms with E-state index in [2.05, 4.69) is 71.4 Å². The van der Waals surface area contributed by atoms with E-state index >= 15 is 0 Å². The summed E-state index contributed by atoms with van der Waals surface area (Å²) in [5.74, 6) is 0. The first-order valence-corrected chi connectivity index (χ1v) is 10.5. The normalized spacial score (nSPS) is 19.3. The quantitative estimate of drug-likeness (QED) is 0.487. The van der Waals surface area contributed by atoms with Gasteiger partial charge in [-0.15, -0.1) is 23.1 Å². The average Bonchev–Trinajstić information content (AvgIpc) is 2.88. The Morgan fingerprint density at radius 2 is 2.10 bits per heavy atom. The van der Waals surface area contributed by atoms with Crippen molar-refractivity contribution < 1.29 is 0 Å². The molecule has 112 valence electrons. The predicted octanol–water partition coefficient (Wildman–Crippen LogP) is 5.80. The zero-order valence-electron chi connectivity index (χ0n) is 12.4. The summed E-state index contributed by atoms with van der Waals surface area (Å²) in [5, 5.41) is 3.84. The minimum atomic E-state index is 0.398. The number of thioether (sulfide) groups is 1. The summed E-state index contributed by atoms with van der Waals surface area (Å²) < 4.78 is 1.42. The van der Waals surface area contributed by atoms with Crippen LogP contribution in [0.3, 0.4) is 0 Å². The zero-order valence-corrected chi connectivity index (χ0v) is 16.1. The lowest BCUT2D eigenvalue weighted by atomic mass is 9.93. The number of aryl methyl sites for hydroxylation is 1. The first kappa shape index (κ1) is 15.8. The fourth-order valence-corrected chi connectivity index (χ4v) is 5.51. The summed E-state index contributed by atoms with van der Waals surface area (Å²) in [4.78, 5) is 2.92. The zero-order chi connectivity index (χ0) is 14.8. The van der Waals surface area contributed by atoms with Gasteiger partial charge in [0.15, 0.2) is 0 Å². The summed E-state index contributed by atoms with van der Waals surface area (Å²) in [7, 11) is 0. The molecule has 1 aliphatic carbocycles. The van der Waals surface area contributed by atoms with Crippen molar-refractivity contribution in [1.29, 1.82) is 0 Å². The standard InChI is InChI=1S/C17H20INS2/c1-11(12-6-8-13(20-2)9-7-12)19-15-4-3-5-16-14(15)10-17(18)21-16/h6-11,15,19H,3-5H2,1-2H3. The molecule has 0 radical (unpaired) electrons. The van der Waals surface area contributed by atoms with Crippen LogP contribution in [-0.2, 0) is 6.42 Å². The van der Waals surface area contributed by atoms with Crippen LogP contribution in [0, 0.1) is 2.88 Å². The van der Waals surface area contributed by atoms with Crippen molar-refractivity contribution in [3.63, 3.8) is 0 Å². The highest BCUT2D eigenvalue weighted by atomic mass is 127. The Bertz CT molecular complexity index is 606. The third-order valence-electron chi connectivity index (χ3n) is 4.15. The number of hydrogen-bond acceptors (Lipinski definition) is 3. The van der Waals surface area contributed by atoms with Crippen LogP contribution < -0.4 is 5.32 Å². The van der Waals surface area contributed by atoms with Crippen molar-refractivity contribution >= 4 is 45.7 Å². The van der Waals surface area contributed by atoms with Gasteiger partial charge in [-0.3, -0.25) is 0 Å². The maximum Gasteiger partial charge on any atom is 0.0659 e. The summed E-state index contributed by atoms with van der Waals surface area (Å²) in [6.07, 6.45) is 5.95. The van der Waals surface area contributed by atoms with Gasteiger partial charge in [0, 0.05) is 21.9 Å². The van der Waals surface area contributed by atoms with Crippen LogP contribution in [0.5, 0.6) is 0 Å². The van der Waals surface area contributed by atoms with E-state index in [1.54, 1.807) is 22.2 Å². The highest BCUT2D eigenvalue weighted by molar-refractivity contribution is 14.1. The van der Waals surface area contributed by atoms with Gasteiger partial charge < -0.3 is 5.32 Å². The first-order valence-electron chi connectivity index (χ1n) is 7.35. The van der Waals surface area contributed by atoms with Crippen molar-refractivity contribution in [2.75, 3.05) is 6.26 Å². The van der Waals surface area contributed by atoms with E-state index in [1.165, 1.54) is 32.6 Å². The van der Waals surface area contributed by atoms with E-state index in [9.17, 15) is 0 Å². The Hall–Kier alpha value is -0.0400. The SMILES string of the molecule is CSc1ccc(C(C)NC2CCCc3sc(I)cc32)cc1. The molecule has 2 unspecified atom stereocenters. The molecule has 2 atom stereocenters. The number of nitrogens with one attached hydrogen (secondary N) is 1. The topological polar surface area (TPSA) is 12.0 Å². The van der Waals surface area contributed by atoms with Crippen molar-refractivity contribution in [3.8, 4) is 0 Å². The number of fused-ring (bicyclic) bond motifs is 1. The summed E-state index contributed by atoms with van der Waals surface area (Å²) in [6, 6.07) is 12.2. The van der Waals surface area contributed by atoms with E-state index in [0.29, 0.717) is 12.1 Å². The molecule has 1 nitrogen and oxygen atoms in total. The fraction of sp³-hybridized carbons (Fsp3) is 0.412. The maximum atomic E-state index is 3.84. The lowest BCUT2D eigenvalue weighted by Crippen LogP contribution is -2.27. The molecule has 0 fully saturated rings. The number of benzene rings is 1. The van der Waals surface area contributed by atoms with Gasteiger partial charge in [-0.05, 0) is 84.4 Å². The monoisotopic (exact) mass is 429 g/mol. The molecule has 1 aromatic heterocycles. The lowest BCUT2D eigenvalue weighted by molar-refractivity contribution is 0.418. The third-order valence-corrected chi connectivity index (χ3v) is 6.87. The van der Waals surface area contributed by atoms with Crippen LogP contribution in [0.4, 0.5) is 0 Å². The number of halogens is 1. The Balaban J connectivity index is 1.74. The Morgan fingerprint density at radius 3 is 2.81 bits per heavy atom. The van der Waals surface area contributed by atoms with E-state index < -0.39 is 0 Å². The molecule has 3 rings (SSSR count). The van der Waals surface area contributed by atoms with Crippen LogP contribution in [0.2, 0.25) is 0 Å². The molecule has 21 heavy (non-hydrogen) atoms. The molecule has 1 aromatic carbocycles. The minimum Gasteiger partial charge on any atom is -0.303 e. The molecule has 1 aliphatic rings. The molecule has 1 N–H and O–H groups in total. The van der Waals surface area contributed by atoms with Gasteiger partial charge in [0.2, 0.25) is 0 Å². The Labute approximate surface area is 149 Å². The van der Waals surface area contributed by atoms with Gasteiger partial charge in [-0.1, -0.05) is 12.1 Å². The van der Waals surface area contributed by atoms with Crippen LogP contribution in [0.15, 0.2) is 35.2 Å². The first-order chi connectivity index (χ1) is 10.2. The summed E-state index contributed by atoms with van der Waals surface area (Å²) >= 11 is 6.22. The van der Waals surface area contributed by atoms with Crippen molar-refractivity contribution in [3.05, 3.63) is 49.2 Å². The second-order valence-corrected chi connectivity index (χ2v) is 9.45. The minimum absolute atomic E-state index is 0.398. The van der Waals surface area contributed by atoms with Gasteiger partial charge in [0.05, 0.1) is 2.88 Å². The largest absolute Gasteiger partial charge is 0.303 e. The van der Waals surface area contributed by atoms with Crippen molar-refractivity contribution in [2.24, 2.45) is 0 Å². The molecule has 0 amide bonds. The molecule has 0 saturated heterocycles. The van der Waals surface area contributed by atoms with Crippen molar-refractivity contribution in [1.82, 2.24) is 5.32 Å². The number of hydrogen-bond donors (Lipinski definition) is 1. The Morgan fingerprint density at radius 1 is 1.33 bits per heavy atom. The van der Waals surface area contributed by atoms with E-state index in [-0.39, 0.29) is 0 Å². The van der Waals surface area contributed by atoms with Gasteiger partial charge in [-0.2, -0.15) is 0 Å². The molecule has 0 saturated carbocycles. The fourth-order valence-electron chi connectivity index (χ4n) is 2.99. The van der Waals surface area contributed by atoms with Gasteiger partial charge in [0.25, 0.3) is 0 Å². The second kappa shape index (κ2) is 7.02. The smallest absolute Gasteiger partial charge is 0.0659 e. The van der Waals surface area contributed by atoms with Crippen LogP contribution in [0.25, 0.3) is 0 Å². The van der Waals surface area contributed by atoms with E-state index in [0.717, 1.165) is 0 Å². The average molecular weight is 429 g/mol. The van der Waals surface area contributed by atoms with E-state index in [4.69, 9.17) is 0 Å². The Kier molecular flexibility index (Phi) is 5.30. The molecule has 4 heteroatoms. The maximum absolute atomic E-state index is 3.84. The molecule has 0 spiro atoms. The number of thiophene rings is 1. The lowest BCUT2D eigenvalue weighted by Gasteiger charge is -2.27. The second-order valence-electron chi connectivity index (χ2n) is 5.54. The summed E-state index contributed by atoms with van der Waals surface area (Å²) in [5.41, 5.74) is 2.92. The van der Waals surface area contributed by atoms with Gasteiger partial charge >= 0.3 is 0 Å². The van der Waals surface area contributed by atoms with Gasteiger partial charge in [-0.25, -0.2) is 0 Å². The highest BCUT2D eigenvalue weighted by Crippen LogP contribution is 2.37. The molecular formula is C17H20INS2. The molecule has 0 aliphatic heterocycles. The van der Waals surface area contributed by atoms with Crippen molar-refractivity contribution in [2.45, 2.75) is 43.2 Å².